The Hall–Kier alpha value is -1.70. The lowest BCUT2D eigenvalue weighted by atomic mass is 9.81. The second-order valence-electron chi connectivity index (χ2n) is 6.04. The van der Waals surface area contributed by atoms with Crippen molar-refractivity contribution in [1.82, 2.24) is 0 Å². The fourth-order valence-corrected chi connectivity index (χ4v) is 3.39. The Morgan fingerprint density at radius 2 is 1.71 bits per heavy atom. The Morgan fingerprint density at radius 3 is 2.43 bits per heavy atom. The van der Waals surface area contributed by atoms with Gasteiger partial charge >= 0.3 is 0 Å². The Bertz CT molecular complexity index is 626. The van der Waals surface area contributed by atoms with Crippen LogP contribution in [-0.4, -0.2) is 0 Å². The van der Waals surface area contributed by atoms with E-state index in [1.165, 1.54) is 42.5 Å². The van der Waals surface area contributed by atoms with Gasteiger partial charge in [-0.1, -0.05) is 38.0 Å². The maximum Gasteiger partial charge on any atom is 0.126 e. The minimum absolute atomic E-state index is 0.522. The first kappa shape index (κ1) is 14.2. The summed E-state index contributed by atoms with van der Waals surface area (Å²) in [5.74, 6) is -0.253. The normalized spacial score (nSPS) is 17.6. The van der Waals surface area contributed by atoms with E-state index in [0.717, 1.165) is 30.4 Å². The molecule has 0 heterocycles. The zero-order valence-corrected chi connectivity index (χ0v) is 12.3. The molecule has 0 amide bonds. The molecule has 110 valence electrons. The van der Waals surface area contributed by atoms with Gasteiger partial charge in [-0.25, -0.2) is 8.78 Å². The monoisotopic (exact) mass is 286 g/mol. The number of hydrogen-bond acceptors (Lipinski definition) is 0. The lowest BCUT2D eigenvalue weighted by molar-refractivity contribution is 0.423. The molecule has 1 atom stereocenters. The number of fused-ring (bicyclic) bond motifs is 1. The maximum atomic E-state index is 13.3. The molecule has 0 spiro atoms. The highest BCUT2D eigenvalue weighted by Crippen LogP contribution is 2.32. The van der Waals surface area contributed by atoms with Gasteiger partial charge in [0.1, 0.15) is 11.6 Å². The van der Waals surface area contributed by atoms with E-state index < -0.39 is 11.6 Å². The predicted octanol–water partition coefficient (Wildman–Crippen LogP) is 5.54. The molecular formula is C19H20F2. The van der Waals surface area contributed by atoms with Gasteiger partial charge in [-0.2, -0.15) is 0 Å². The molecule has 0 radical (unpaired) electrons. The maximum absolute atomic E-state index is 13.3. The third-order valence-electron chi connectivity index (χ3n) is 4.43. The van der Waals surface area contributed by atoms with Gasteiger partial charge in [-0.3, -0.25) is 0 Å². The van der Waals surface area contributed by atoms with Crippen molar-refractivity contribution >= 4 is 0 Å². The van der Waals surface area contributed by atoms with Crippen molar-refractivity contribution in [3.63, 3.8) is 0 Å². The molecule has 0 aliphatic heterocycles. The van der Waals surface area contributed by atoms with Crippen LogP contribution in [0.15, 0.2) is 36.4 Å². The van der Waals surface area contributed by atoms with E-state index in [1.54, 1.807) is 0 Å². The number of rotatable bonds is 3. The van der Waals surface area contributed by atoms with Crippen molar-refractivity contribution in [3.05, 3.63) is 59.2 Å². The van der Waals surface area contributed by atoms with Crippen LogP contribution in [0.4, 0.5) is 8.78 Å². The Kier molecular flexibility index (Phi) is 4.05. The van der Waals surface area contributed by atoms with Crippen LogP contribution >= 0.6 is 0 Å². The summed E-state index contributed by atoms with van der Waals surface area (Å²) in [5, 5.41) is 0. The van der Waals surface area contributed by atoms with Gasteiger partial charge in [-0.05, 0) is 59.6 Å². The minimum Gasteiger partial charge on any atom is -0.207 e. The molecule has 21 heavy (non-hydrogen) atoms. The molecule has 2 heteroatoms. The zero-order valence-electron chi connectivity index (χ0n) is 12.3. The fraction of sp³-hybridized carbons (Fsp3) is 0.368. The van der Waals surface area contributed by atoms with Crippen molar-refractivity contribution < 1.29 is 8.78 Å². The largest absolute Gasteiger partial charge is 0.207 e. The lowest BCUT2D eigenvalue weighted by Gasteiger charge is -2.24. The highest BCUT2D eigenvalue weighted by Gasteiger charge is 2.18. The van der Waals surface area contributed by atoms with E-state index >= 15 is 0 Å². The minimum atomic E-state index is -0.522. The van der Waals surface area contributed by atoms with Gasteiger partial charge in [0.25, 0.3) is 0 Å². The summed E-state index contributed by atoms with van der Waals surface area (Å²) in [6.45, 7) is 2.23. The van der Waals surface area contributed by atoms with Crippen LogP contribution in [0.25, 0.3) is 11.1 Å². The highest BCUT2D eigenvalue weighted by molar-refractivity contribution is 5.65. The van der Waals surface area contributed by atoms with Crippen LogP contribution in [0.3, 0.4) is 0 Å². The molecule has 0 aromatic heterocycles. The third kappa shape index (κ3) is 3.15. The second kappa shape index (κ2) is 5.97. The van der Waals surface area contributed by atoms with Gasteiger partial charge in [0.2, 0.25) is 0 Å². The molecular weight excluding hydrogens is 266 g/mol. The summed E-state index contributed by atoms with van der Waals surface area (Å²) in [5.41, 5.74) is 4.26. The van der Waals surface area contributed by atoms with E-state index in [1.807, 2.05) is 6.07 Å². The number of halogens is 2. The molecule has 3 rings (SSSR count). The van der Waals surface area contributed by atoms with Crippen LogP contribution < -0.4 is 0 Å². The molecule has 0 fully saturated rings. The van der Waals surface area contributed by atoms with Crippen LogP contribution in [0.5, 0.6) is 0 Å². The molecule has 1 aliphatic rings. The Labute approximate surface area is 124 Å². The number of aryl methyl sites for hydroxylation is 1. The Morgan fingerprint density at radius 1 is 0.952 bits per heavy atom. The van der Waals surface area contributed by atoms with Gasteiger partial charge in [0, 0.05) is 6.07 Å². The van der Waals surface area contributed by atoms with Crippen LogP contribution in [0.2, 0.25) is 0 Å². The van der Waals surface area contributed by atoms with Gasteiger partial charge in [-0.15, -0.1) is 0 Å². The molecule has 0 saturated carbocycles. The quantitative estimate of drug-likeness (QED) is 0.695. The second-order valence-corrected chi connectivity index (χ2v) is 6.04. The topological polar surface area (TPSA) is 0 Å². The van der Waals surface area contributed by atoms with Gasteiger partial charge in [0.15, 0.2) is 0 Å². The Balaban J connectivity index is 1.90. The molecule has 0 saturated heterocycles. The predicted molar refractivity (Wildman–Crippen MR) is 82.2 cm³/mol. The van der Waals surface area contributed by atoms with Crippen molar-refractivity contribution in [3.8, 4) is 11.1 Å². The summed E-state index contributed by atoms with van der Waals surface area (Å²) in [6.07, 6.45) is 5.96. The standard InChI is InChI=1S/C19H20F2/c1-2-3-13-4-5-15-9-16(7-6-14(15)8-13)17-10-18(20)12-19(21)11-17/h6-7,9-13H,2-5,8H2,1H3. The molecule has 2 aromatic rings. The van der Waals surface area contributed by atoms with E-state index in [2.05, 4.69) is 19.1 Å². The first-order chi connectivity index (χ1) is 10.2. The molecule has 2 aromatic carbocycles. The first-order valence-corrected chi connectivity index (χ1v) is 7.74. The number of benzene rings is 2. The first-order valence-electron chi connectivity index (χ1n) is 7.74. The molecule has 1 unspecified atom stereocenters. The van der Waals surface area contributed by atoms with Crippen LogP contribution in [-0.2, 0) is 12.8 Å². The zero-order chi connectivity index (χ0) is 14.8. The number of hydrogen-bond donors (Lipinski definition) is 0. The fourth-order valence-electron chi connectivity index (χ4n) is 3.39. The summed E-state index contributed by atoms with van der Waals surface area (Å²) in [4.78, 5) is 0. The molecule has 0 nitrogen and oxygen atoms in total. The van der Waals surface area contributed by atoms with Crippen LogP contribution in [0.1, 0.15) is 37.3 Å². The van der Waals surface area contributed by atoms with E-state index in [4.69, 9.17) is 0 Å². The highest BCUT2D eigenvalue weighted by atomic mass is 19.1. The van der Waals surface area contributed by atoms with Crippen LogP contribution in [0, 0.1) is 17.6 Å². The molecule has 1 aliphatic carbocycles. The van der Waals surface area contributed by atoms with Crippen molar-refractivity contribution in [2.45, 2.75) is 39.0 Å². The smallest absolute Gasteiger partial charge is 0.126 e. The summed E-state index contributed by atoms with van der Waals surface area (Å²) in [6, 6.07) is 9.93. The van der Waals surface area contributed by atoms with E-state index in [0.29, 0.717) is 5.56 Å². The summed E-state index contributed by atoms with van der Waals surface area (Å²) >= 11 is 0. The lowest BCUT2D eigenvalue weighted by Crippen LogP contribution is -2.14. The molecule has 0 bridgehead atoms. The van der Waals surface area contributed by atoms with E-state index in [-0.39, 0.29) is 0 Å². The SMILES string of the molecule is CCCC1CCc2cc(-c3cc(F)cc(F)c3)ccc2C1. The average Bonchev–Trinajstić information content (AvgIpc) is 2.46. The summed E-state index contributed by atoms with van der Waals surface area (Å²) < 4.78 is 26.7. The third-order valence-corrected chi connectivity index (χ3v) is 4.43. The summed E-state index contributed by atoms with van der Waals surface area (Å²) in [7, 11) is 0. The average molecular weight is 286 g/mol. The van der Waals surface area contributed by atoms with Crippen molar-refractivity contribution in [1.29, 1.82) is 0 Å². The van der Waals surface area contributed by atoms with E-state index in [9.17, 15) is 8.78 Å². The van der Waals surface area contributed by atoms with Crippen molar-refractivity contribution in [2.24, 2.45) is 5.92 Å². The van der Waals surface area contributed by atoms with Crippen molar-refractivity contribution in [2.75, 3.05) is 0 Å². The van der Waals surface area contributed by atoms with Gasteiger partial charge in [0.05, 0.1) is 0 Å². The van der Waals surface area contributed by atoms with Gasteiger partial charge < -0.3 is 0 Å². The molecule has 0 N–H and O–H groups in total.